The Morgan fingerprint density at radius 1 is 0.972 bits per heavy atom. The Kier molecular flexibility index (Phi) is 9.37. The second-order valence-electron chi connectivity index (χ2n) is 10.3. The van der Waals surface area contributed by atoms with Gasteiger partial charge in [0, 0.05) is 25.1 Å². The lowest BCUT2D eigenvalue weighted by Gasteiger charge is -2.40. The van der Waals surface area contributed by atoms with Crippen molar-refractivity contribution in [2.75, 3.05) is 40.3 Å². The Labute approximate surface area is 216 Å². The molecule has 36 heavy (non-hydrogen) atoms. The van der Waals surface area contributed by atoms with Gasteiger partial charge >= 0.3 is 0 Å². The molecular formula is C28H42NO6P. The summed E-state index contributed by atoms with van der Waals surface area (Å²) < 4.78 is 37.9. The van der Waals surface area contributed by atoms with E-state index in [9.17, 15) is 9.67 Å². The molecule has 200 valence electrons. The molecule has 0 bridgehead atoms. The van der Waals surface area contributed by atoms with Crippen molar-refractivity contribution in [1.82, 2.24) is 0 Å². The van der Waals surface area contributed by atoms with Crippen molar-refractivity contribution in [2.24, 2.45) is 17.8 Å². The first-order valence-electron chi connectivity index (χ1n) is 12.6. The zero-order valence-corrected chi connectivity index (χ0v) is 23.7. The highest BCUT2D eigenvalue weighted by molar-refractivity contribution is 7.67. The van der Waals surface area contributed by atoms with Crippen LogP contribution in [0.5, 0.6) is 17.2 Å². The number of aliphatic hydroxyl groups excluding tert-OH is 1. The number of nitrogens with zero attached hydrogens (tertiary/aromatic N) is 1. The molecule has 2 aromatic rings. The molecule has 7 nitrogen and oxygen atoms in total. The lowest BCUT2D eigenvalue weighted by atomic mass is 9.75. The molecule has 0 amide bonds. The van der Waals surface area contributed by atoms with Gasteiger partial charge in [0.05, 0.1) is 27.4 Å². The minimum absolute atomic E-state index is 0.218. The number of aliphatic hydroxyl groups is 1. The van der Waals surface area contributed by atoms with Crippen molar-refractivity contribution in [1.29, 1.82) is 0 Å². The molecule has 0 aliphatic heterocycles. The van der Waals surface area contributed by atoms with Crippen molar-refractivity contribution in [3.8, 4) is 17.2 Å². The van der Waals surface area contributed by atoms with Crippen molar-refractivity contribution in [3.05, 3.63) is 42.0 Å². The summed E-state index contributed by atoms with van der Waals surface area (Å²) in [7, 11) is 4.64. The zero-order valence-electron chi connectivity index (χ0n) is 22.9. The number of hydrogen-bond acceptors (Lipinski definition) is 7. The van der Waals surface area contributed by atoms with Gasteiger partial charge in [-0.05, 0) is 72.6 Å². The van der Waals surface area contributed by atoms with E-state index in [4.69, 9.17) is 18.7 Å². The topological polar surface area (TPSA) is 77.5 Å². The molecule has 0 unspecified atom stereocenters. The van der Waals surface area contributed by atoms with Crippen LogP contribution in [0.2, 0.25) is 0 Å². The highest BCUT2D eigenvalue weighted by atomic mass is 31.2. The lowest BCUT2D eigenvalue weighted by Crippen LogP contribution is -2.35. The lowest BCUT2D eigenvalue weighted by molar-refractivity contribution is 0.0427. The maximum atomic E-state index is 14.9. The molecule has 5 atom stereocenters. The quantitative estimate of drug-likeness (QED) is 0.395. The number of methoxy groups -OCH3 is 3. The second kappa shape index (κ2) is 11.9. The summed E-state index contributed by atoms with van der Waals surface area (Å²) in [5.41, 5.74) is 1.35. The molecule has 1 aliphatic rings. The molecular weight excluding hydrogens is 477 g/mol. The fraction of sp³-hybridized carbons (Fsp3) is 0.571. The molecule has 1 fully saturated rings. The molecule has 3 rings (SSSR count). The number of rotatable bonds is 10. The first kappa shape index (κ1) is 28.4. The Hall–Kier alpha value is -2.21. The summed E-state index contributed by atoms with van der Waals surface area (Å²) in [6.45, 7) is 6.58. The predicted molar refractivity (Wildman–Crippen MR) is 145 cm³/mol. The molecule has 1 saturated carbocycles. The third-order valence-corrected chi connectivity index (χ3v) is 9.83. The van der Waals surface area contributed by atoms with E-state index in [-0.39, 0.29) is 12.0 Å². The van der Waals surface area contributed by atoms with E-state index >= 15 is 0 Å². The molecule has 0 saturated heterocycles. The van der Waals surface area contributed by atoms with E-state index in [0.717, 1.165) is 24.9 Å². The maximum Gasteiger partial charge on any atom is 0.264 e. The molecule has 0 heterocycles. The number of hydrogen-bond donors (Lipinski definition) is 1. The SMILES string of the molecule is COc1cc([C@H](O)[P@](=O)(O[C@@H]2C[C@H](C)CC[C@@H]2C(C)C)c2ccc(N(C)C)cc2)cc(OC)c1OC. The molecule has 0 aromatic heterocycles. The van der Waals surface area contributed by atoms with Crippen molar-refractivity contribution < 1.29 is 28.4 Å². The van der Waals surface area contributed by atoms with Crippen LogP contribution in [0.25, 0.3) is 0 Å². The molecule has 0 radical (unpaired) electrons. The fourth-order valence-corrected chi connectivity index (χ4v) is 7.37. The summed E-state index contributed by atoms with van der Waals surface area (Å²) >= 11 is 0. The summed E-state index contributed by atoms with van der Waals surface area (Å²) in [6.07, 6.45) is 2.73. The van der Waals surface area contributed by atoms with Gasteiger partial charge in [-0.1, -0.05) is 27.2 Å². The van der Waals surface area contributed by atoms with Gasteiger partial charge in [0.1, 0.15) is 0 Å². The number of benzene rings is 2. The molecule has 2 aromatic carbocycles. The third-order valence-electron chi connectivity index (χ3n) is 7.29. The van der Waals surface area contributed by atoms with Crippen LogP contribution in [0.4, 0.5) is 5.69 Å². The van der Waals surface area contributed by atoms with Crippen LogP contribution in [0.3, 0.4) is 0 Å². The minimum atomic E-state index is -3.81. The average molecular weight is 520 g/mol. The van der Waals surface area contributed by atoms with Crippen LogP contribution >= 0.6 is 7.37 Å². The monoisotopic (exact) mass is 519 g/mol. The van der Waals surface area contributed by atoms with Crippen LogP contribution in [0.15, 0.2) is 36.4 Å². The fourth-order valence-electron chi connectivity index (χ4n) is 5.10. The highest BCUT2D eigenvalue weighted by Crippen LogP contribution is 2.61. The van der Waals surface area contributed by atoms with Gasteiger partial charge in [0.15, 0.2) is 17.3 Å². The number of ether oxygens (including phenoxy) is 3. The van der Waals surface area contributed by atoms with Gasteiger partial charge in [-0.25, -0.2) is 0 Å². The minimum Gasteiger partial charge on any atom is -0.493 e. The summed E-state index contributed by atoms with van der Waals surface area (Å²) in [5, 5.41) is 12.2. The number of anilines is 1. The Morgan fingerprint density at radius 2 is 1.56 bits per heavy atom. The first-order valence-corrected chi connectivity index (χ1v) is 14.3. The predicted octanol–water partition coefficient (Wildman–Crippen LogP) is 5.85. The van der Waals surface area contributed by atoms with Gasteiger partial charge < -0.3 is 28.7 Å². The maximum absolute atomic E-state index is 14.9. The molecule has 0 spiro atoms. The van der Waals surface area contributed by atoms with Crippen molar-refractivity contribution >= 4 is 18.4 Å². The van der Waals surface area contributed by atoms with Gasteiger partial charge in [0.2, 0.25) is 5.75 Å². The summed E-state index contributed by atoms with van der Waals surface area (Å²) in [6, 6.07) is 10.7. The van der Waals surface area contributed by atoms with E-state index in [2.05, 4.69) is 20.8 Å². The average Bonchev–Trinajstić information content (AvgIpc) is 2.87. The summed E-state index contributed by atoms with van der Waals surface area (Å²) in [4.78, 5) is 1.98. The van der Waals surface area contributed by atoms with Gasteiger partial charge in [-0.2, -0.15) is 0 Å². The summed E-state index contributed by atoms with van der Waals surface area (Å²) in [5.74, 6) is 0.865. The van der Waals surface area contributed by atoms with Crippen molar-refractivity contribution in [3.63, 3.8) is 0 Å². The first-order chi connectivity index (χ1) is 17.0. The van der Waals surface area contributed by atoms with Crippen molar-refractivity contribution in [2.45, 2.75) is 52.0 Å². The third kappa shape index (κ3) is 5.85. The molecule has 8 heteroatoms. The largest absolute Gasteiger partial charge is 0.493 e. The standard InChI is InChI=1S/C28H42NO6P/c1-18(2)23-14-9-19(3)15-24(23)35-36(31,22-12-10-21(11-13-22)29(4)5)28(30)20-16-25(32-6)27(34-8)26(17-20)33-7/h10-13,16-19,23-24,28,30H,9,14-15H2,1-8H3/t19-,23-,24-,28-,36-/m1/s1. The van der Waals surface area contributed by atoms with E-state index in [0.29, 0.717) is 40.0 Å². The van der Waals surface area contributed by atoms with Crippen LogP contribution in [-0.4, -0.2) is 46.6 Å². The second-order valence-corrected chi connectivity index (χ2v) is 12.7. The normalized spacial score (nSPS) is 22.6. The van der Waals surface area contributed by atoms with Crippen LogP contribution in [0, 0.1) is 17.8 Å². The van der Waals surface area contributed by atoms with Crippen LogP contribution in [-0.2, 0) is 9.09 Å². The van der Waals surface area contributed by atoms with E-state index in [1.54, 1.807) is 24.3 Å². The van der Waals surface area contributed by atoms with E-state index in [1.165, 1.54) is 21.3 Å². The molecule has 1 aliphatic carbocycles. The van der Waals surface area contributed by atoms with Crippen LogP contribution < -0.4 is 24.4 Å². The Balaban J connectivity index is 2.13. The highest BCUT2D eigenvalue weighted by Gasteiger charge is 2.43. The van der Waals surface area contributed by atoms with Gasteiger partial charge in [-0.15, -0.1) is 0 Å². The smallest absolute Gasteiger partial charge is 0.264 e. The Bertz CT molecular complexity index is 1030. The zero-order chi connectivity index (χ0) is 26.6. The Morgan fingerprint density at radius 3 is 2.03 bits per heavy atom. The molecule has 1 N–H and O–H groups in total. The van der Waals surface area contributed by atoms with E-state index in [1.807, 2.05) is 31.1 Å². The van der Waals surface area contributed by atoms with Crippen LogP contribution in [0.1, 0.15) is 51.4 Å². The van der Waals surface area contributed by atoms with Gasteiger partial charge in [-0.3, -0.25) is 4.57 Å². The van der Waals surface area contributed by atoms with Gasteiger partial charge in [0.25, 0.3) is 7.37 Å². The van der Waals surface area contributed by atoms with E-state index < -0.39 is 13.2 Å².